The molecule has 0 aliphatic heterocycles. The van der Waals surface area contributed by atoms with E-state index in [0.717, 1.165) is 5.56 Å². The van der Waals surface area contributed by atoms with E-state index in [-0.39, 0.29) is 11.5 Å². The first-order valence-corrected chi connectivity index (χ1v) is 5.96. The summed E-state index contributed by atoms with van der Waals surface area (Å²) >= 11 is 0. The number of nitro benzene ring substituents is 1. The first kappa shape index (κ1) is 14.9. The van der Waals surface area contributed by atoms with Crippen molar-refractivity contribution in [2.24, 2.45) is 11.1 Å². The fourth-order valence-corrected chi connectivity index (χ4v) is 1.46. The Kier molecular flexibility index (Phi) is 4.47. The summed E-state index contributed by atoms with van der Waals surface area (Å²) in [6, 6.07) is 4.48. The quantitative estimate of drug-likeness (QED) is 0.357. The zero-order valence-corrected chi connectivity index (χ0v) is 11.4. The lowest BCUT2D eigenvalue weighted by molar-refractivity contribution is -0.384. The third-order valence-electron chi connectivity index (χ3n) is 3.08. The van der Waals surface area contributed by atoms with Crippen molar-refractivity contribution < 1.29 is 9.66 Å². The van der Waals surface area contributed by atoms with Gasteiger partial charge in [-0.25, -0.2) is 0 Å². The molecule has 0 heterocycles. The molecule has 104 valence electrons. The molecule has 0 unspecified atom stereocenters. The normalized spacial score (nSPS) is 11.1. The minimum Gasteiger partial charge on any atom is -0.493 e. The van der Waals surface area contributed by atoms with Gasteiger partial charge in [0.1, 0.15) is 5.75 Å². The van der Waals surface area contributed by atoms with Crippen LogP contribution < -0.4 is 10.5 Å². The number of aryl methyl sites for hydroxylation is 1. The highest BCUT2D eigenvalue weighted by molar-refractivity contribution is 5.82. The van der Waals surface area contributed by atoms with Crippen LogP contribution in [0.4, 0.5) is 5.69 Å². The van der Waals surface area contributed by atoms with Crippen molar-refractivity contribution in [3.8, 4) is 5.75 Å². The highest BCUT2D eigenvalue weighted by atomic mass is 16.6. The molecule has 1 aromatic rings. The molecule has 1 rings (SSSR count). The lowest BCUT2D eigenvalue weighted by Crippen LogP contribution is -2.32. The van der Waals surface area contributed by atoms with Gasteiger partial charge < -0.3 is 10.5 Å². The minimum atomic E-state index is -0.435. The van der Waals surface area contributed by atoms with Crippen LogP contribution in [0, 0.1) is 27.9 Å². The van der Waals surface area contributed by atoms with Gasteiger partial charge >= 0.3 is 0 Å². The molecular weight excluding hydrogens is 246 g/mol. The van der Waals surface area contributed by atoms with Crippen LogP contribution in [0.5, 0.6) is 5.75 Å². The number of nitrogens with zero attached hydrogens (tertiary/aromatic N) is 1. The molecule has 0 bridgehead atoms. The van der Waals surface area contributed by atoms with E-state index in [1.54, 1.807) is 13.0 Å². The zero-order chi connectivity index (χ0) is 14.6. The van der Waals surface area contributed by atoms with Gasteiger partial charge in [0.15, 0.2) is 0 Å². The maximum atomic E-state index is 10.6. The maximum absolute atomic E-state index is 10.6. The number of hydrogen-bond acceptors (Lipinski definition) is 4. The fourth-order valence-electron chi connectivity index (χ4n) is 1.46. The molecule has 0 aromatic heterocycles. The number of amidine groups is 1. The van der Waals surface area contributed by atoms with Crippen LogP contribution in [0.25, 0.3) is 0 Å². The Bertz CT molecular complexity index is 498. The number of nitrogens with two attached hydrogens (primary N) is 1. The summed E-state index contributed by atoms with van der Waals surface area (Å²) in [5, 5.41) is 18.1. The van der Waals surface area contributed by atoms with Gasteiger partial charge in [-0.05, 0) is 25.0 Å². The average molecular weight is 265 g/mol. The predicted octanol–water partition coefficient (Wildman–Crippen LogP) is 2.63. The van der Waals surface area contributed by atoms with E-state index in [0.29, 0.717) is 18.8 Å². The standard InChI is InChI=1S/C13H19N3O3/c1-9-8-10(16(17)18)4-5-11(9)19-7-6-13(2,3)12(14)15/h4-5,8H,6-7H2,1-3H3,(H3,14,15). The zero-order valence-electron chi connectivity index (χ0n) is 11.4. The molecule has 0 radical (unpaired) electrons. The van der Waals surface area contributed by atoms with Gasteiger partial charge in [0.25, 0.3) is 5.69 Å². The van der Waals surface area contributed by atoms with Gasteiger partial charge in [-0.15, -0.1) is 0 Å². The first-order chi connectivity index (χ1) is 8.74. The van der Waals surface area contributed by atoms with E-state index in [1.807, 2.05) is 13.8 Å². The third-order valence-corrected chi connectivity index (χ3v) is 3.08. The first-order valence-electron chi connectivity index (χ1n) is 5.96. The number of benzene rings is 1. The van der Waals surface area contributed by atoms with Crippen LogP contribution in [0.3, 0.4) is 0 Å². The van der Waals surface area contributed by atoms with Gasteiger partial charge in [0.05, 0.1) is 17.4 Å². The van der Waals surface area contributed by atoms with Crippen LogP contribution >= 0.6 is 0 Å². The summed E-state index contributed by atoms with van der Waals surface area (Å²) in [5.74, 6) is 0.737. The van der Waals surface area contributed by atoms with E-state index in [2.05, 4.69) is 0 Å². The molecule has 6 heteroatoms. The number of hydrogen-bond donors (Lipinski definition) is 2. The average Bonchev–Trinajstić information content (AvgIpc) is 2.30. The largest absolute Gasteiger partial charge is 0.493 e. The molecule has 0 saturated carbocycles. The van der Waals surface area contributed by atoms with Crippen molar-refractivity contribution in [3.05, 3.63) is 33.9 Å². The van der Waals surface area contributed by atoms with Crippen LogP contribution in [-0.4, -0.2) is 17.4 Å². The summed E-state index contributed by atoms with van der Waals surface area (Å²) in [5.41, 5.74) is 5.84. The predicted molar refractivity (Wildman–Crippen MR) is 73.6 cm³/mol. The van der Waals surface area contributed by atoms with Gasteiger partial charge in [-0.3, -0.25) is 15.5 Å². The summed E-state index contributed by atoms with van der Waals surface area (Å²) < 4.78 is 5.58. The molecule has 3 N–H and O–H groups in total. The molecule has 0 amide bonds. The third kappa shape index (κ3) is 3.94. The fraction of sp³-hybridized carbons (Fsp3) is 0.462. The van der Waals surface area contributed by atoms with Gasteiger partial charge in [-0.2, -0.15) is 0 Å². The Morgan fingerprint density at radius 2 is 2.16 bits per heavy atom. The summed E-state index contributed by atoms with van der Waals surface area (Å²) in [4.78, 5) is 10.2. The highest BCUT2D eigenvalue weighted by Gasteiger charge is 2.21. The molecular formula is C13H19N3O3. The van der Waals surface area contributed by atoms with Crippen molar-refractivity contribution in [1.29, 1.82) is 5.41 Å². The number of nitrogens with one attached hydrogen (secondary N) is 1. The molecule has 0 atom stereocenters. The summed E-state index contributed by atoms with van der Waals surface area (Å²) in [7, 11) is 0. The van der Waals surface area contributed by atoms with Crippen molar-refractivity contribution in [1.82, 2.24) is 0 Å². The Labute approximate surface area is 112 Å². The van der Waals surface area contributed by atoms with Crippen LogP contribution in [0.2, 0.25) is 0 Å². The lowest BCUT2D eigenvalue weighted by Gasteiger charge is -2.22. The molecule has 0 spiro atoms. The van der Waals surface area contributed by atoms with Crippen LogP contribution in [-0.2, 0) is 0 Å². The van der Waals surface area contributed by atoms with Gasteiger partial charge in [0, 0.05) is 17.5 Å². The Hall–Kier alpha value is -2.11. The van der Waals surface area contributed by atoms with E-state index >= 15 is 0 Å². The van der Waals surface area contributed by atoms with Crippen LogP contribution in [0.1, 0.15) is 25.8 Å². The monoisotopic (exact) mass is 265 g/mol. The Balaban J connectivity index is 2.64. The minimum absolute atomic E-state index is 0.0499. The van der Waals surface area contributed by atoms with Crippen molar-refractivity contribution >= 4 is 11.5 Å². The number of ether oxygens (including phenoxy) is 1. The molecule has 0 aliphatic rings. The molecule has 0 saturated heterocycles. The Morgan fingerprint density at radius 1 is 1.53 bits per heavy atom. The molecule has 0 fully saturated rings. The smallest absolute Gasteiger partial charge is 0.269 e. The number of rotatable bonds is 6. The molecule has 6 nitrogen and oxygen atoms in total. The lowest BCUT2D eigenvalue weighted by atomic mass is 9.88. The topological polar surface area (TPSA) is 102 Å². The number of nitro groups is 1. The SMILES string of the molecule is Cc1cc([N+](=O)[O-])ccc1OCCC(C)(C)C(=N)N. The second-order valence-corrected chi connectivity index (χ2v) is 5.10. The van der Waals surface area contributed by atoms with Gasteiger partial charge in [0.2, 0.25) is 0 Å². The van der Waals surface area contributed by atoms with Crippen molar-refractivity contribution in [2.75, 3.05) is 6.61 Å². The number of non-ortho nitro benzene ring substituents is 1. The molecule has 19 heavy (non-hydrogen) atoms. The maximum Gasteiger partial charge on any atom is 0.269 e. The Morgan fingerprint density at radius 3 is 2.63 bits per heavy atom. The van der Waals surface area contributed by atoms with Crippen LogP contribution in [0.15, 0.2) is 18.2 Å². The van der Waals surface area contributed by atoms with E-state index in [1.165, 1.54) is 12.1 Å². The van der Waals surface area contributed by atoms with E-state index in [9.17, 15) is 10.1 Å². The van der Waals surface area contributed by atoms with Crippen molar-refractivity contribution in [2.45, 2.75) is 27.2 Å². The van der Waals surface area contributed by atoms with Gasteiger partial charge in [-0.1, -0.05) is 13.8 Å². The van der Waals surface area contributed by atoms with Crippen molar-refractivity contribution in [3.63, 3.8) is 0 Å². The second kappa shape index (κ2) is 5.69. The highest BCUT2D eigenvalue weighted by Crippen LogP contribution is 2.25. The summed E-state index contributed by atoms with van der Waals surface area (Å²) in [6.45, 7) is 5.92. The van der Waals surface area contributed by atoms with E-state index in [4.69, 9.17) is 15.9 Å². The second-order valence-electron chi connectivity index (χ2n) is 5.10. The molecule has 0 aliphatic carbocycles. The summed E-state index contributed by atoms with van der Waals surface area (Å²) in [6.07, 6.45) is 0.610. The van der Waals surface area contributed by atoms with E-state index < -0.39 is 10.3 Å². The molecule has 1 aromatic carbocycles.